The second-order valence-electron chi connectivity index (χ2n) is 6.16. The minimum Gasteiger partial charge on any atom is -0.297 e. The topological polar surface area (TPSA) is 3.24 Å². The molecule has 0 N–H and O–H groups in total. The molecular formula is C13H23N. The van der Waals surface area contributed by atoms with Crippen molar-refractivity contribution >= 4 is 0 Å². The van der Waals surface area contributed by atoms with Gasteiger partial charge < -0.3 is 0 Å². The van der Waals surface area contributed by atoms with Crippen molar-refractivity contribution in [3.63, 3.8) is 0 Å². The lowest BCUT2D eigenvalue weighted by atomic mass is 9.72. The Morgan fingerprint density at radius 3 is 2.29 bits per heavy atom. The summed E-state index contributed by atoms with van der Waals surface area (Å²) < 4.78 is 0. The Kier molecular flexibility index (Phi) is 2.12. The van der Waals surface area contributed by atoms with Gasteiger partial charge in [-0.2, -0.15) is 0 Å². The molecule has 2 aliphatic carbocycles. The van der Waals surface area contributed by atoms with Crippen LogP contribution in [0.2, 0.25) is 0 Å². The Morgan fingerprint density at radius 1 is 1.00 bits per heavy atom. The molecule has 2 atom stereocenters. The van der Waals surface area contributed by atoms with Gasteiger partial charge in [-0.05, 0) is 49.9 Å². The normalized spacial score (nSPS) is 47.4. The molecule has 1 heteroatoms. The van der Waals surface area contributed by atoms with E-state index in [1.165, 1.54) is 38.6 Å². The maximum atomic E-state index is 2.85. The third-order valence-electron chi connectivity index (χ3n) is 5.01. The fourth-order valence-electron chi connectivity index (χ4n) is 3.86. The monoisotopic (exact) mass is 193 g/mol. The zero-order chi connectivity index (χ0) is 9.71. The summed E-state index contributed by atoms with van der Waals surface area (Å²) in [5, 5.41) is 0. The van der Waals surface area contributed by atoms with Crippen LogP contribution < -0.4 is 0 Å². The molecule has 0 spiro atoms. The minimum atomic E-state index is 0.922. The largest absolute Gasteiger partial charge is 0.297 e. The van der Waals surface area contributed by atoms with Gasteiger partial charge in [0.1, 0.15) is 0 Å². The van der Waals surface area contributed by atoms with Crippen molar-refractivity contribution in [2.45, 2.75) is 58.0 Å². The molecule has 1 nitrogen and oxygen atoms in total. The Hall–Kier alpha value is -0.0400. The number of hydrogen-bond donors (Lipinski definition) is 0. The van der Waals surface area contributed by atoms with Crippen molar-refractivity contribution in [2.24, 2.45) is 17.8 Å². The van der Waals surface area contributed by atoms with Gasteiger partial charge in [-0.1, -0.05) is 13.8 Å². The molecule has 3 aliphatic rings. The quantitative estimate of drug-likeness (QED) is 0.652. The number of nitrogens with zero attached hydrogens (tertiary/aromatic N) is 1. The fourth-order valence-corrected chi connectivity index (χ4v) is 3.86. The van der Waals surface area contributed by atoms with E-state index < -0.39 is 0 Å². The second-order valence-corrected chi connectivity index (χ2v) is 6.16. The maximum absolute atomic E-state index is 2.85. The van der Waals surface area contributed by atoms with E-state index in [4.69, 9.17) is 0 Å². The van der Waals surface area contributed by atoms with Gasteiger partial charge in [0.15, 0.2) is 0 Å². The van der Waals surface area contributed by atoms with Gasteiger partial charge in [0.2, 0.25) is 0 Å². The number of rotatable bonds is 2. The molecule has 0 aromatic carbocycles. The molecule has 0 aromatic rings. The number of piperidine rings is 1. The molecule has 80 valence electrons. The van der Waals surface area contributed by atoms with Gasteiger partial charge in [0.05, 0.1) is 0 Å². The summed E-state index contributed by atoms with van der Waals surface area (Å²) in [5.74, 6) is 3.04. The van der Waals surface area contributed by atoms with Crippen LogP contribution >= 0.6 is 0 Å². The van der Waals surface area contributed by atoms with Crippen molar-refractivity contribution in [3.8, 4) is 0 Å². The number of hydrogen-bond acceptors (Lipinski definition) is 1. The summed E-state index contributed by atoms with van der Waals surface area (Å²) in [7, 11) is 0. The number of fused-ring (bicyclic) bond motifs is 2. The lowest BCUT2D eigenvalue weighted by Crippen LogP contribution is -2.49. The third kappa shape index (κ3) is 1.32. The molecule has 3 rings (SSSR count). The Morgan fingerprint density at radius 2 is 1.79 bits per heavy atom. The van der Waals surface area contributed by atoms with Crippen molar-refractivity contribution in [1.29, 1.82) is 0 Å². The lowest BCUT2D eigenvalue weighted by Gasteiger charge is -2.46. The zero-order valence-corrected chi connectivity index (χ0v) is 9.58. The molecule has 0 amide bonds. The van der Waals surface area contributed by atoms with Gasteiger partial charge in [-0.25, -0.2) is 0 Å². The van der Waals surface area contributed by atoms with E-state index in [-0.39, 0.29) is 0 Å². The first-order chi connectivity index (χ1) is 6.74. The fraction of sp³-hybridized carbons (Fsp3) is 1.00. The molecule has 1 saturated heterocycles. The van der Waals surface area contributed by atoms with Crippen LogP contribution in [0.5, 0.6) is 0 Å². The summed E-state index contributed by atoms with van der Waals surface area (Å²) in [6.07, 6.45) is 7.57. The van der Waals surface area contributed by atoms with E-state index in [1.54, 1.807) is 0 Å². The van der Waals surface area contributed by atoms with E-state index in [0.717, 1.165) is 29.8 Å². The highest BCUT2D eigenvalue weighted by atomic mass is 15.2. The van der Waals surface area contributed by atoms with Gasteiger partial charge in [-0.15, -0.1) is 0 Å². The predicted octanol–water partition coefficient (Wildman–Crippen LogP) is 2.91. The van der Waals surface area contributed by atoms with Crippen LogP contribution in [0.3, 0.4) is 0 Å². The van der Waals surface area contributed by atoms with Gasteiger partial charge in [-0.3, -0.25) is 4.90 Å². The zero-order valence-electron chi connectivity index (χ0n) is 9.58. The molecule has 2 unspecified atom stereocenters. The summed E-state index contributed by atoms with van der Waals surface area (Å²) in [5.41, 5.74) is 0. The number of likely N-dealkylation sites (tertiary alicyclic amines) is 1. The lowest BCUT2D eigenvalue weighted by molar-refractivity contribution is 0.0343. The highest BCUT2D eigenvalue weighted by molar-refractivity contribution is 4.99. The average Bonchev–Trinajstić information content (AvgIpc) is 2.60. The van der Waals surface area contributed by atoms with Crippen LogP contribution in [0, 0.1) is 17.8 Å². The second kappa shape index (κ2) is 3.23. The SMILES string of the molecule is CC(C)C1CC(N2CC3CCC2C3)C1. The Balaban J connectivity index is 1.55. The molecule has 0 aromatic heterocycles. The van der Waals surface area contributed by atoms with Crippen LogP contribution in [0.1, 0.15) is 46.0 Å². The van der Waals surface area contributed by atoms with Crippen LogP contribution in [-0.4, -0.2) is 23.5 Å². The van der Waals surface area contributed by atoms with Crippen molar-refractivity contribution < 1.29 is 0 Å². The summed E-state index contributed by atoms with van der Waals surface area (Å²) >= 11 is 0. The highest BCUT2D eigenvalue weighted by Gasteiger charge is 2.45. The standard InChI is InChI=1S/C13H23N/c1-9(2)11-6-13(7-11)14-8-10-3-4-12(14)5-10/h9-13H,3-8H2,1-2H3. The molecule has 0 radical (unpaired) electrons. The maximum Gasteiger partial charge on any atom is 0.0104 e. The molecule has 1 aliphatic heterocycles. The highest BCUT2D eigenvalue weighted by Crippen LogP contribution is 2.45. The smallest absolute Gasteiger partial charge is 0.0104 e. The van der Waals surface area contributed by atoms with Gasteiger partial charge >= 0.3 is 0 Å². The average molecular weight is 193 g/mol. The first-order valence-electron chi connectivity index (χ1n) is 6.49. The Labute approximate surface area is 87.9 Å². The first-order valence-corrected chi connectivity index (χ1v) is 6.49. The van der Waals surface area contributed by atoms with Crippen LogP contribution in [0.4, 0.5) is 0 Å². The van der Waals surface area contributed by atoms with E-state index in [9.17, 15) is 0 Å². The molecular weight excluding hydrogens is 170 g/mol. The molecule has 14 heavy (non-hydrogen) atoms. The molecule has 2 saturated carbocycles. The predicted molar refractivity (Wildman–Crippen MR) is 59.2 cm³/mol. The van der Waals surface area contributed by atoms with E-state index in [1.807, 2.05) is 0 Å². The summed E-state index contributed by atoms with van der Waals surface area (Å²) in [4.78, 5) is 2.85. The van der Waals surface area contributed by atoms with E-state index in [2.05, 4.69) is 18.7 Å². The van der Waals surface area contributed by atoms with Crippen molar-refractivity contribution in [3.05, 3.63) is 0 Å². The van der Waals surface area contributed by atoms with Gasteiger partial charge in [0.25, 0.3) is 0 Å². The summed E-state index contributed by atoms with van der Waals surface area (Å²) in [6, 6.07) is 1.98. The van der Waals surface area contributed by atoms with Crippen molar-refractivity contribution in [2.75, 3.05) is 6.54 Å². The molecule has 3 fully saturated rings. The minimum absolute atomic E-state index is 0.922. The van der Waals surface area contributed by atoms with E-state index >= 15 is 0 Å². The van der Waals surface area contributed by atoms with E-state index in [0.29, 0.717) is 0 Å². The summed E-state index contributed by atoms with van der Waals surface area (Å²) in [6.45, 7) is 6.22. The Bertz CT molecular complexity index is 217. The first kappa shape index (κ1) is 9.21. The third-order valence-corrected chi connectivity index (χ3v) is 5.01. The van der Waals surface area contributed by atoms with Crippen molar-refractivity contribution in [1.82, 2.24) is 4.90 Å². The van der Waals surface area contributed by atoms with Crippen LogP contribution in [0.25, 0.3) is 0 Å². The van der Waals surface area contributed by atoms with Gasteiger partial charge in [0, 0.05) is 18.6 Å². The molecule has 2 bridgehead atoms. The molecule has 1 heterocycles. The van der Waals surface area contributed by atoms with Crippen LogP contribution in [0.15, 0.2) is 0 Å². The van der Waals surface area contributed by atoms with Crippen LogP contribution in [-0.2, 0) is 0 Å².